The molecule has 0 aliphatic carbocycles. The summed E-state index contributed by atoms with van der Waals surface area (Å²) in [6.45, 7) is 0.959. The third kappa shape index (κ3) is 5.96. The van der Waals surface area contributed by atoms with Crippen molar-refractivity contribution in [1.29, 1.82) is 0 Å². The third-order valence-electron chi connectivity index (χ3n) is 3.14. The van der Waals surface area contributed by atoms with E-state index < -0.39 is 6.09 Å². The zero-order valence-electron chi connectivity index (χ0n) is 13.8. The number of rotatable bonds is 10. The average molecular weight is 353 g/mol. The van der Waals surface area contributed by atoms with Crippen molar-refractivity contribution in [2.75, 3.05) is 38.8 Å². The summed E-state index contributed by atoms with van der Waals surface area (Å²) in [7, 11) is 1.64. The van der Waals surface area contributed by atoms with E-state index in [2.05, 4.69) is 15.0 Å². The number of nitrogens with zero attached hydrogens (tertiary/aromatic N) is 1. The lowest BCUT2D eigenvalue weighted by Crippen LogP contribution is -2.16. The molecule has 1 aromatic carbocycles. The summed E-state index contributed by atoms with van der Waals surface area (Å²) in [4.78, 5) is 14.8. The van der Waals surface area contributed by atoms with Crippen molar-refractivity contribution in [3.63, 3.8) is 0 Å². The van der Waals surface area contributed by atoms with E-state index in [0.717, 1.165) is 6.42 Å². The number of nitrogens with one attached hydrogen (secondary N) is 1. The highest BCUT2D eigenvalue weighted by molar-refractivity contribution is 5.76. The number of anilines is 1. The molecule has 0 aliphatic heterocycles. The number of halogens is 1. The first-order valence-corrected chi connectivity index (χ1v) is 7.59. The lowest BCUT2D eigenvalue weighted by Gasteiger charge is -2.08. The highest BCUT2D eigenvalue weighted by Crippen LogP contribution is 2.24. The highest BCUT2D eigenvalue weighted by atomic mass is 19.1. The molecule has 8 nitrogen and oxygen atoms in total. The van der Waals surface area contributed by atoms with Gasteiger partial charge in [0.05, 0.1) is 6.33 Å². The van der Waals surface area contributed by atoms with Gasteiger partial charge in [-0.2, -0.15) is 4.98 Å². The number of amides is 1. The number of hydrogen-bond acceptors (Lipinski definition) is 7. The second-order valence-electron chi connectivity index (χ2n) is 5.09. The van der Waals surface area contributed by atoms with Gasteiger partial charge in [-0.15, -0.1) is 0 Å². The van der Waals surface area contributed by atoms with Gasteiger partial charge in [-0.05, 0) is 18.6 Å². The number of carbonyl (C=O) groups is 1. The van der Waals surface area contributed by atoms with Gasteiger partial charge < -0.3 is 29.7 Å². The van der Waals surface area contributed by atoms with Crippen LogP contribution in [0.25, 0.3) is 11.1 Å². The number of methoxy groups -OCH3 is 1. The zero-order chi connectivity index (χ0) is 18.1. The van der Waals surface area contributed by atoms with E-state index in [-0.39, 0.29) is 18.8 Å². The molecule has 1 aromatic heterocycles. The largest absolute Gasteiger partial charge is 0.489 e. The number of primary amides is 1. The molecule has 136 valence electrons. The summed E-state index contributed by atoms with van der Waals surface area (Å²) >= 11 is 0. The number of oxazole rings is 1. The first kappa shape index (κ1) is 18.5. The number of hydrogen-bond donors (Lipinski definition) is 2. The monoisotopic (exact) mass is 353 g/mol. The number of carbonyl (C=O) groups excluding carboxylic acids is 1. The Balaban J connectivity index is 1.92. The molecular weight excluding hydrogens is 333 g/mol. The molecule has 0 saturated carbocycles. The van der Waals surface area contributed by atoms with Gasteiger partial charge in [0.25, 0.3) is 6.01 Å². The molecule has 2 rings (SSSR count). The minimum atomic E-state index is -0.979. The standard InChI is InChI=1S/C16H20FN3O5/c1-22-6-2-5-19-16-20-13-4-3-12(7-14(13)25-16)23-9-11(8-17)10-24-15(18)21/h3-4,7-8H,2,5-6,9-10H2,1H3,(H2,18,21)(H,19,20). The van der Waals surface area contributed by atoms with Gasteiger partial charge >= 0.3 is 6.09 Å². The lowest BCUT2D eigenvalue weighted by atomic mass is 10.3. The van der Waals surface area contributed by atoms with Crippen LogP contribution in [0.15, 0.2) is 34.5 Å². The topological polar surface area (TPSA) is 109 Å². The van der Waals surface area contributed by atoms with Gasteiger partial charge in [-0.3, -0.25) is 0 Å². The molecule has 0 atom stereocenters. The van der Waals surface area contributed by atoms with Gasteiger partial charge in [0.2, 0.25) is 0 Å². The van der Waals surface area contributed by atoms with Crippen LogP contribution in [0, 0.1) is 0 Å². The van der Waals surface area contributed by atoms with Crippen molar-refractivity contribution in [2.45, 2.75) is 6.42 Å². The molecule has 0 spiro atoms. The fraction of sp³-hybridized carbons (Fsp3) is 0.375. The van der Waals surface area contributed by atoms with E-state index in [1.165, 1.54) is 0 Å². The van der Waals surface area contributed by atoms with Crippen LogP contribution in [-0.2, 0) is 9.47 Å². The van der Waals surface area contributed by atoms with E-state index in [9.17, 15) is 9.18 Å². The van der Waals surface area contributed by atoms with Crippen molar-refractivity contribution in [3.05, 3.63) is 30.1 Å². The van der Waals surface area contributed by atoms with E-state index in [1.807, 2.05) is 0 Å². The normalized spacial score (nSPS) is 11.5. The van der Waals surface area contributed by atoms with Crippen molar-refractivity contribution in [3.8, 4) is 5.75 Å². The Morgan fingerprint density at radius 2 is 2.28 bits per heavy atom. The number of aromatic nitrogens is 1. The molecule has 3 N–H and O–H groups in total. The van der Waals surface area contributed by atoms with E-state index in [4.69, 9.17) is 19.6 Å². The summed E-state index contributed by atoms with van der Waals surface area (Å²) in [6, 6.07) is 5.47. The second-order valence-corrected chi connectivity index (χ2v) is 5.09. The predicted molar refractivity (Wildman–Crippen MR) is 89.2 cm³/mol. The SMILES string of the molecule is COCCCNc1nc2ccc(OCC(=CF)COC(N)=O)cc2o1. The maximum Gasteiger partial charge on any atom is 0.404 e. The molecular formula is C16H20FN3O5. The van der Waals surface area contributed by atoms with Crippen LogP contribution in [0.3, 0.4) is 0 Å². The minimum Gasteiger partial charge on any atom is -0.489 e. The Hall–Kier alpha value is -2.81. The fourth-order valence-electron chi connectivity index (χ4n) is 1.93. The summed E-state index contributed by atoms with van der Waals surface area (Å²) in [6.07, 6.45) is 0.167. The number of benzene rings is 1. The van der Waals surface area contributed by atoms with Crippen LogP contribution in [0.1, 0.15) is 6.42 Å². The summed E-state index contributed by atoms with van der Waals surface area (Å²) in [5, 5.41) is 3.06. The number of ether oxygens (including phenoxy) is 3. The second kappa shape index (κ2) is 9.48. The van der Waals surface area contributed by atoms with Crippen LogP contribution in [0.5, 0.6) is 5.75 Å². The Bertz CT molecular complexity index is 732. The summed E-state index contributed by atoms with van der Waals surface area (Å²) in [5.74, 6) is 0.466. The molecule has 9 heteroatoms. The van der Waals surface area contributed by atoms with E-state index in [0.29, 0.717) is 42.3 Å². The summed E-state index contributed by atoms with van der Waals surface area (Å²) < 4.78 is 33.2. The molecule has 1 heterocycles. The maximum atomic E-state index is 12.7. The highest BCUT2D eigenvalue weighted by Gasteiger charge is 2.08. The van der Waals surface area contributed by atoms with Crippen LogP contribution < -0.4 is 15.8 Å². The van der Waals surface area contributed by atoms with Crippen molar-refractivity contribution < 1.29 is 27.8 Å². The molecule has 0 fully saturated rings. The smallest absolute Gasteiger partial charge is 0.404 e. The van der Waals surface area contributed by atoms with Crippen molar-refractivity contribution in [2.24, 2.45) is 5.73 Å². The van der Waals surface area contributed by atoms with Gasteiger partial charge in [-0.25, -0.2) is 9.18 Å². The summed E-state index contributed by atoms with van der Waals surface area (Å²) in [5.41, 5.74) is 6.17. The lowest BCUT2D eigenvalue weighted by molar-refractivity contribution is 0.162. The molecule has 0 radical (unpaired) electrons. The molecule has 0 bridgehead atoms. The van der Waals surface area contributed by atoms with Crippen molar-refractivity contribution in [1.82, 2.24) is 4.98 Å². The van der Waals surface area contributed by atoms with Crippen LogP contribution in [0.4, 0.5) is 15.2 Å². The molecule has 25 heavy (non-hydrogen) atoms. The quantitative estimate of drug-likeness (QED) is 0.632. The van der Waals surface area contributed by atoms with Crippen LogP contribution in [0.2, 0.25) is 0 Å². The fourth-order valence-corrected chi connectivity index (χ4v) is 1.93. The Morgan fingerprint density at radius 1 is 1.44 bits per heavy atom. The first-order valence-electron chi connectivity index (χ1n) is 7.59. The van der Waals surface area contributed by atoms with Crippen LogP contribution in [-0.4, -0.2) is 44.6 Å². The molecule has 0 saturated heterocycles. The zero-order valence-corrected chi connectivity index (χ0v) is 13.8. The van der Waals surface area contributed by atoms with Gasteiger partial charge in [0, 0.05) is 31.9 Å². The molecule has 2 aromatic rings. The molecule has 0 unspecified atom stereocenters. The first-order chi connectivity index (χ1) is 12.1. The van der Waals surface area contributed by atoms with E-state index >= 15 is 0 Å². The Labute approximate surface area is 143 Å². The Kier molecular flexibility index (Phi) is 7.02. The van der Waals surface area contributed by atoms with Gasteiger partial charge in [0.1, 0.15) is 24.5 Å². The molecule has 0 aliphatic rings. The minimum absolute atomic E-state index is 0.0917. The average Bonchev–Trinajstić information content (AvgIpc) is 3.00. The van der Waals surface area contributed by atoms with E-state index in [1.54, 1.807) is 25.3 Å². The van der Waals surface area contributed by atoms with Gasteiger partial charge in [0.15, 0.2) is 5.58 Å². The number of nitrogens with two attached hydrogens (primary N) is 1. The molecule has 1 amide bonds. The van der Waals surface area contributed by atoms with Crippen LogP contribution >= 0.6 is 0 Å². The maximum absolute atomic E-state index is 12.7. The number of fused-ring (bicyclic) bond motifs is 1. The third-order valence-corrected chi connectivity index (χ3v) is 3.14. The Morgan fingerprint density at radius 3 is 3.00 bits per heavy atom. The van der Waals surface area contributed by atoms with Gasteiger partial charge in [-0.1, -0.05) is 0 Å². The van der Waals surface area contributed by atoms with Crippen molar-refractivity contribution >= 4 is 23.2 Å². The predicted octanol–water partition coefficient (Wildman–Crippen LogP) is 2.60.